The van der Waals surface area contributed by atoms with Gasteiger partial charge in [-0.2, -0.15) is 0 Å². The van der Waals surface area contributed by atoms with Gasteiger partial charge >= 0.3 is 0 Å². The number of ether oxygens (including phenoxy) is 2. The smallest absolute Gasteiger partial charge is 0.266 e. The van der Waals surface area contributed by atoms with Crippen LogP contribution in [0.3, 0.4) is 0 Å². The Kier molecular flexibility index (Phi) is 5.34. The number of aryl methyl sites for hydroxylation is 1. The number of nitrogens with two attached hydrogens (primary N) is 1. The highest BCUT2D eigenvalue weighted by Gasteiger charge is 2.03. The molecule has 0 unspecified atom stereocenters. The van der Waals surface area contributed by atoms with Gasteiger partial charge in [0.1, 0.15) is 5.75 Å². The summed E-state index contributed by atoms with van der Waals surface area (Å²) in [6.07, 6.45) is 0.666. The van der Waals surface area contributed by atoms with E-state index in [1.54, 1.807) is 6.07 Å². The molecule has 21 heavy (non-hydrogen) atoms. The largest absolute Gasteiger partial charge is 0.493 e. The summed E-state index contributed by atoms with van der Waals surface area (Å²) < 4.78 is 12.1. The molecule has 1 heterocycles. The van der Waals surface area contributed by atoms with Crippen molar-refractivity contribution < 1.29 is 9.47 Å². The first kappa shape index (κ1) is 15.1. The van der Waals surface area contributed by atoms with Crippen molar-refractivity contribution in [1.29, 1.82) is 0 Å². The highest BCUT2D eigenvalue weighted by molar-refractivity contribution is 5.32. The van der Waals surface area contributed by atoms with E-state index in [1.807, 2.05) is 24.3 Å². The van der Waals surface area contributed by atoms with E-state index in [0.717, 1.165) is 11.3 Å². The second kappa shape index (κ2) is 7.44. The molecule has 0 radical (unpaired) electrons. The van der Waals surface area contributed by atoms with Crippen LogP contribution >= 0.6 is 0 Å². The average Bonchev–Trinajstić information content (AvgIpc) is 2.53. The number of methoxy groups -OCH3 is 1. The maximum Gasteiger partial charge on any atom is 0.266 e. The van der Waals surface area contributed by atoms with Crippen LogP contribution in [-0.4, -0.2) is 23.5 Å². The van der Waals surface area contributed by atoms with E-state index in [2.05, 4.69) is 5.10 Å². The molecule has 1 aromatic heterocycles. The summed E-state index contributed by atoms with van der Waals surface area (Å²) in [6.45, 7) is 1.40. The topological polar surface area (TPSA) is 79.4 Å². The molecule has 2 rings (SSSR count). The van der Waals surface area contributed by atoms with Gasteiger partial charge in [-0.25, -0.2) is 4.68 Å². The molecule has 0 amide bonds. The van der Waals surface area contributed by atoms with Crippen molar-refractivity contribution in [3.05, 3.63) is 52.3 Å². The normalized spacial score (nSPS) is 10.4. The van der Waals surface area contributed by atoms with Crippen LogP contribution in [0.25, 0.3) is 0 Å². The van der Waals surface area contributed by atoms with Gasteiger partial charge in [0.25, 0.3) is 5.56 Å². The minimum Gasteiger partial charge on any atom is -0.493 e. The Morgan fingerprint density at radius 2 is 2.05 bits per heavy atom. The van der Waals surface area contributed by atoms with Crippen molar-refractivity contribution in [2.24, 2.45) is 5.73 Å². The fraction of sp³-hybridized carbons (Fsp3) is 0.333. The molecular formula is C15H19N3O3. The summed E-state index contributed by atoms with van der Waals surface area (Å²) in [4.78, 5) is 11.6. The fourth-order valence-electron chi connectivity index (χ4n) is 1.91. The molecule has 1 aromatic carbocycles. The summed E-state index contributed by atoms with van der Waals surface area (Å²) in [6, 6.07) is 10.6. The Hall–Kier alpha value is -2.34. The van der Waals surface area contributed by atoms with Crippen molar-refractivity contribution in [2.45, 2.75) is 19.5 Å². The van der Waals surface area contributed by atoms with Gasteiger partial charge in [0.05, 0.1) is 13.7 Å². The van der Waals surface area contributed by atoms with Crippen molar-refractivity contribution in [3.63, 3.8) is 0 Å². The predicted molar refractivity (Wildman–Crippen MR) is 79.5 cm³/mol. The molecule has 0 aliphatic carbocycles. The van der Waals surface area contributed by atoms with Crippen LogP contribution in [0.2, 0.25) is 0 Å². The second-order valence-electron chi connectivity index (χ2n) is 4.45. The molecule has 0 spiro atoms. The van der Waals surface area contributed by atoms with Gasteiger partial charge in [-0.1, -0.05) is 18.2 Å². The molecule has 2 N–H and O–H groups in total. The van der Waals surface area contributed by atoms with E-state index in [4.69, 9.17) is 15.2 Å². The number of benzene rings is 1. The summed E-state index contributed by atoms with van der Waals surface area (Å²) in [5.41, 5.74) is 6.46. The summed E-state index contributed by atoms with van der Waals surface area (Å²) in [7, 11) is 1.52. The zero-order chi connectivity index (χ0) is 15.1. The van der Waals surface area contributed by atoms with Gasteiger partial charge < -0.3 is 15.2 Å². The van der Waals surface area contributed by atoms with Gasteiger partial charge in [0.15, 0.2) is 0 Å². The number of aromatic nitrogens is 2. The SMILES string of the molecule is COc1ccc(=O)n(CCCOc2ccccc2CN)n1. The lowest BCUT2D eigenvalue weighted by Gasteiger charge is -2.10. The third kappa shape index (κ3) is 4.06. The number of rotatable bonds is 7. The molecule has 0 saturated carbocycles. The van der Waals surface area contributed by atoms with Crippen LogP contribution < -0.4 is 20.8 Å². The van der Waals surface area contributed by atoms with E-state index < -0.39 is 0 Å². The van der Waals surface area contributed by atoms with Gasteiger partial charge in [0, 0.05) is 37.2 Å². The first-order valence-corrected chi connectivity index (χ1v) is 6.77. The highest BCUT2D eigenvalue weighted by Crippen LogP contribution is 2.17. The number of hydrogen-bond acceptors (Lipinski definition) is 5. The fourth-order valence-corrected chi connectivity index (χ4v) is 1.91. The average molecular weight is 289 g/mol. The zero-order valence-corrected chi connectivity index (χ0v) is 12.0. The summed E-state index contributed by atoms with van der Waals surface area (Å²) >= 11 is 0. The molecule has 6 nitrogen and oxygen atoms in total. The Morgan fingerprint density at radius 3 is 2.81 bits per heavy atom. The molecular weight excluding hydrogens is 270 g/mol. The standard InChI is InChI=1S/C15H19N3O3/c1-20-14-7-8-15(19)18(17-14)9-4-10-21-13-6-3-2-5-12(13)11-16/h2-3,5-8H,4,9-11,16H2,1H3. The Bertz CT molecular complexity index is 640. The molecule has 0 atom stereocenters. The third-order valence-electron chi connectivity index (χ3n) is 3.02. The van der Waals surface area contributed by atoms with Crippen molar-refractivity contribution in [1.82, 2.24) is 9.78 Å². The monoisotopic (exact) mass is 289 g/mol. The highest BCUT2D eigenvalue weighted by atomic mass is 16.5. The lowest BCUT2D eigenvalue weighted by molar-refractivity contribution is 0.291. The summed E-state index contributed by atoms with van der Waals surface area (Å²) in [5.74, 6) is 1.20. The molecule has 0 bridgehead atoms. The Balaban J connectivity index is 1.89. The Labute approximate surface area is 123 Å². The lowest BCUT2D eigenvalue weighted by Crippen LogP contribution is -2.23. The first-order chi connectivity index (χ1) is 10.2. The van der Waals surface area contributed by atoms with Gasteiger partial charge in [0.2, 0.25) is 5.88 Å². The first-order valence-electron chi connectivity index (χ1n) is 6.77. The van der Waals surface area contributed by atoms with Crippen LogP contribution in [0.15, 0.2) is 41.2 Å². The van der Waals surface area contributed by atoms with E-state index in [-0.39, 0.29) is 5.56 Å². The van der Waals surface area contributed by atoms with Gasteiger partial charge in [-0.05, 0) is 6.07 Å². The van der Waals surface area contributed by atoms with Crippen LogP contribution in [0, 0.1) is 0 Å². The molecule has 0 aliphatic heterocycles. The minimum atomic E-state index is -0.154. The molecule has 2 aromatic rings. The molecule has 0 saturated heterocycles. The van der Waals surface area contributed by atoms with E-state index in [0.29, 0.717) is 32.0 Å². The quantitative estimate of drug-likeness (QED) is 0.774. The summed E-state index contributed by atoms with van der Waals surface area (Å²) in [5, 5.41) is 4.08. The van der Waals surface area contributed by atoms with Gasteiger partial charge in [-0.15, -0.1) is 5.10 Å². The van der Waals surface area contributed by atoms with Crippen molar-refractivity contribution in [3.8, 4) is 11.6 Å². The molecule has 112 valence electrons. The maximum atomic E-state index is 11.6. The van der Waals surface area contributed by atoms with Gasteiger partial charge in [-0.3, -0.25) is 4.79 Å². The maximum absolute atomic E-state index is 11.6. The van der Waals surface area contributed by atoms with E-state index in [1.165, 1.54) is 17.9 Å². The van der Waals surface area contributed by atoms with Crippen LogP contribution in [0.1, 0.15) is 12.0 Å². The number of para-hydroxylation sites is 1. The molecule has 0 aliphatic rings. The number of hydrogen-bond donors (Lipinski definition) is 1. The number of nitrogens with zero attached hydrogens (tertiary/aromatic N) is 2. The van der Waals surface area contributed by atoms with Crippen molar-refractivity contribution in [2.75, 3.05) is 13.7 Å². The lowest BCUT2D eigenvalue weighted by atomic mass is 10.2. The third-order valence-corrected chi connectivity index (χ3v) is 3.02. The van der Waals surface area contributed by atoms with E-state index >= 15 is 0 Å². The minimum absolute atomic E-state index is 0.154. The van der Waals surface area contributed by atoms with Crippen LogP contribution in [0.5, 0.6) is 11.6 Å². The zero-order valence-electron chi connectivity index (χ0n) is 12.0. The van der Waals surface area contributed by atoms with Crippen LogP contribution in [-0.2, 0) is 13.1 Å². The van der Waals surface area contributed by atoms with E-state index in [9.17, 15) is 4.79 Å². The Morgan fingerprint density at radius 1 is 1.24 bits per heavy atom. The molecule has 6 heteroatoms. The molecule has 0 fully saturated rings. The second-order valence-corrected chi connectivity index (χ2v) is 4.45. The van der Waals surface area contributed by atoms with Crippen molar-refractivity contribution >= 4 is 0 Å². The predicted octanol–water partition coefficient (Wildman–Crippen LogP) is 1.18. The van der Waals surface area contributed by atoms with Crippen LogP contribution in [0.4, 0.5) is 0 Å².